The molecule has 3 nitrogen and oxygen atoms in total. The molecule has 1 aliphatic heterocycles. The predicted octanol–water partition coefficient (Wildman–Crippen LogP) is 2.81. The summed E-state index contributed by atoms with van der Waals surface area (Å²) in [5, 5.41) is 3.22. The van der Waals surface area contributed by atoms with Crippen molar-refractivity contribution in [3.63, 3.8) is 0 Å². The molecule has 0 spiro atoms. The first-order chi connectivity index (χ1) is 8.10. The molecule has 0 fully saturated rings. The maximum atomic E-state index is 6.18. The fraction of sp³-hybridized carbons (Fsp3) is 0.643. The standard InChI is InChI=1S/C14H25N3/c1-5-7-12-14(15)13(17-9-16-12)8-11(4)10(3)6-2/h6,9-12H,2,5,7-8,15H2,1,3-4H3,(H,16,17). The Balaban J connectivity index is 2.71. The largest absolute Gasteiger partial charge is 0.399 e. The smallest absolute Gasteiger partial charge is 0.0888 e. The highest BCUT2D eigenvalue weighted by molar-refractivity contribution is 5.60. The summed E-state index contributed by atoms with van der Waals surface area (Å²) >= 11 is 0. The Morgan fingerprint density at radius 1 is 1.59 bits per heavy atom. The highest BCUT2D eigenvalue weighted by Gasteiger charge is 2.20. The fourth-order valence-electron chi connectivity index (χ4n) is 1.99. The topological polar surface area (TPSA) is 50.4 Å². The second-order valence-electron chi connectivity index (χ2n) is 4.94. The van der Waals surface area contributed by atoms with Gasteiger partial charge in [-0.3, -0.25) is 0 Å². The van der Waals surface area contributed by atoms with Crippen molar-refractivity contribution >= 4 is 6.34 Å². The second-order valence-corrected chi connectivity index (χ2v) is 4.94. The molecule has 0 amide bonds. The summed E-state index contributed by atoms with van der Waals surface area (Å²) < 4.78 is 0. The van der Waals surface area contributed by atoms with Gasteiger partial charge in [0.2, 0.25) is 0 Å². The molecule has 96 valence electrons. The van der Waals surface area contributed by atoms with Crippen LogP contribution in [0.2, 0.25) is 0 Å². The van der Waals surface area contributed by atoms with Crippen molar-refractivity contribution in [1.29, 1.82) is 0 Å². The number of nitrogens with zero attached hydrogens (tertiary/aromatic N) is 1. The normalized spacial score (nSPS) is 23.1. The average Bonchev–Trinajstić information content (AvgIpc) is 2.33. The van der Waals surface area contributed by atoms with Gasteiger partial charge in [-0.15, -0.1) is 6.58 Å². The van der Waals surface area contributed by atoms with Crippen LogP contribution in [0.3, 0.4) is 0 Å². The molecule has 3 heteroatoms. The Hall–Kier alpha value is -1.25. The molecule has 0 saturated carbocycles. The Morgan fingerprint density at radius 3 is 2.88 bits per heavy atom. The quantitative estimate of drug-likeness (QED) is 0.696. The van der Waals surface area contributed by atoms with E-state index >= 15 is 0 Å². The third-order valence-electron chi connectivity index (χ3n) is 3.57. The van der Waals surface area contributed by atoms with Gasteiger partial charge in [0, 0.05) is 0 Å². The Bertz CT molecular complexity index is 317. The van der Waals surface area contributed by atoms with E-state index in [0.29, 0.717) is 11.8 Å². The van der Waals surface area contributed by atoms with Gasteiger partial charge in [-0.05, 0) is 24.7 Å². The molecule has 1 heterocycles. The minimum absolute atomic E-state index is 0.263. The molecule has 0 saturated heterocycles. The predicted molar refractivity (Wildman–Crippen MR) is 74.7 cm³/mol. The molecule has 1 aliphatic rings. The van der Waals surface area contributed by atoms with Gasteiger partial charge >= 0.3 is 0 Å². The van der Waals surface area contributed by atoms with Gasteiger partial charge in [0.25, 0.3) is 0 Å². The third-order valence-corrected chi connectivity index (χ3v) is 3.57. The van der Waals surface area contributed by atoms with Gasteiger partial charge in [0.1, 0.15) is 0 Å². The van der Waals surface area contributed by atoms with Crippen LogP contribution in [0.15, 0.2) is 29.0 Å². The highest BCUT2D eigenvalue weighted by Crippen LogP contribution is 2.24. The number of nitrogens with one attached hydrogen (secondary N) is 1. The Labute approximate surface area is 105 Å². The summed E-state index contributed by atoms with van der Waals surface area (Å²) in [6, 6.07) is 0.263. The van der Waals surface area contributed by atoms with Crippen LogP contribution in [0.5, 0.6) is 0 Å². The molecule has 3 atom stereocenters. The van der Waals surface area contributed by atoms with Crippen molar-refractivity contribution in [3.05, 3.63) is 24.0 Å². The number of hydrogen-bond donors (Lipinski definition) is 2. The van der Waals surface area contributed by atoms with Crippen molar-refractivity contribution in [2.45, 2.75) is 46.1 Å². The Morgan fingerprint density at radius 2 is 2.29 bits per heavy atom. The lowest BCUT2D eigenvalue weighted by Gasteiger charge is -2.25. The van der Waals surface area contributed by atoms with Crippen LogP contribution >= 0.6 is 0 Å². The molecule has 0 aliphatic carbocycles. The van der Waals surface area contributed by atoms with Crippen molar-refractivity contribution in [3.8, 4) is 0 Å². The van der Waals surface area contributed by atoms with Crippen LogP contribution in [0.4, 0.5) is 0 Å². The summed E-state index contributed by atoms with van der Waals surface area (Å²) in [6.45, 7) is 10.4. The van der Waals surface area contributed by atoms with Gasteiger partial charge in [0.15, 0.2) is 0 Å². The second kappa shape index (κ2) is 6.48. The van der Waals surface area contributed by atoms with E-state index in [1.807, 2.05) is 6.08 Å². The first kappa shape index (κ1) is 13.8. The van der Waals surface area contributed by atoms with E-state index in [1.54, 1.807) is 6.34 Å². The van der Waals surface area contributed by atoms with E-state index in [9.17, 15) is 0 Å². The van der Waals surface area contributed by atoms with Crippen molar-refractivity contribution in [1.82, 2.24) is 5.32 Å². The van der Waals surface area contributed by atoms with Crippen LogP contribution in [0.1, 0.15) is 40.0 Å². The lowest BCUT2D eigenvalue weighted by molar-refractivity contribution is 0.449. The zero-order valence-electron chi connectivity index (χ0n) is 11.2. The minimum Gasteiger partial charge on any atom is -0.399 e. The minimum atomic E-state index is 0.263. The molecule has 0 aromatic heterocycles. The number of nitrogens with two attached hydrogens (primary N) is 1. The molecule has 1 rings (SSSR count). The molecule has 3 unspecified atom stereocenters. The maximum Gasteiger partial charge on any atom is 0.0888 e. The zero-order chi connectivity index (χ0) is 12.8. The van der Waals surface area contributed by atoms with E-state index in [2.05, 4.69) is 37.7 Å². The third kappa shape index (κ3) is 3.62. The molecule has 0 radical (unpaired) electrons. The van der Waals surface area contributed by atoms with Gasteiger partial charge in [-0.2, -0.15) is 0 Å². The molecule has 3 N–H and O–H groups in total. The molecular weight excluding hydrogens is 210 g/mol. The lowest BCUT2D eigenvalue weighted by atomic mass is 9.90. The zero-order valence-corrected chi connectivity index (χ0v) is 11.2. The van der Waals surface area contributed by atoms with Gasteiger partial charge < -0.3 is 11.1 Å². The monoisotopic (exact) mass is 235 g/mol. The van der Waals surface area contributed by atoms with Crippen LogP contribution in [-0.2, 0) is 0 Å². The Kier molecular flexibility index (Phi) is 5.26. The highest BCUT2D eigenvalue weighted by atomic mass is 15.0. The molecule has 0 aromatic rings. The van der Waals surface area contributed by atoms with Crippen LogP contribution in [-0.4, -0.2) is 12.4 Å². The van der Waals surface area contributed by atoms with Crippen molar-refractivity contribution < 1.29 is 0 Å². The van der Waals surface area contributed by atoms with E-state index < -0.39 is 0 Å². The lowest BCUT2D eigenvalue weighted by Crippen LogP contribution is -2.37. The summed E-state index contributed by atoms with van der Waals surface area (Å²) in [4.78, 5) is 4.38. The summed E-state index contributed by atoms with van der Waals surface area (Å²) in [6.07, 6.45) is 6.90. The SMILES string of the molecule is C=CC(C)C(C)CC1=C(N)C(CCC)NC=N1. The summed E-state index contributed by atoms with van der Waals surface area (Å²) in [7, 11) is 0. The first-order valence-corrected chi connectivity index (χ1v) is 6.49. The van der Waals surface area contributed by atoms with Crippen LogP contribution in [0.25, 0.3) is 0 Å². The van der Waals surface area contributed by atoms with Gasteiger partial charge in [-0.1, -0.05) is 33.3 Å². The van der Waals surface area contributed by atoms with E-state index in [-0.39, 0.29) is 6.04 Å². The molecule has 0 bridgehead atoms. The van der Waals surface area contributed by atoms with E-state index in [4.69, 9.17) is 5.73 Å². The van der Waals surface area contributed by atoms with Crippen molar-refractivity contribution in [2.75, 3.05) is 0 Å². The van der Waals surface area contributed by atoms with E-state index in [0.717, 1.165) is 30.7 Å². The fourth-order valence-corrected chi connectivity index (χ4v) is 1.99. The average molecular weight is 235 g/mol. The van der Waals surface area contributed by atoms with Gasteiger partial charge in [0.05, 0.1) is 23.8 Å². The molecule has 0 aromatic carbocycles. The molecule has 17 heavy (non-hydrogen) atoms. The van der Waals surface area contributed by atoms with Crippen LogP contribution < -0.4 is 11.1 Å². The first-order valence-electron chi connectivity index (χ1n) is 6.49. The number of aliphatic imine (C=N–C) groups is 1. The summed E-state index contributed by atoms with van der Waals surface area (Å²) in [5.41, 5.74) is 8.14. The van der Waals surface area contributed by atoms with Gasteiger partial charge in [-0.25, -0.2) is 4.99 Å². The van der Waals surface area contributed by atoms with Crippen LogP contribution in [0, 0.1) is 11.8 Å². The molecular formula is C14H25N3. The summed E-state index contributed by atoms with van der Waals surface area (Å²) in [5.74, 6) is 1.02. The van der Waals surface area contributed by atoms with Crippen molar-refractivity contribution in [2.24, 2.45) is 22.6 Å². The maximum absolute atomic E-state index is 6.18. The number of rotatable bonds is 6. The number of hydrogen-bond acceptors (Lipinski definition) is 3. The van der Waals surface area contributed by atoms with E-state index in [1.165, 1.54) is 0 Å². The number of allylic oxidation sites excluding steroid dienone is 2.